The fourth-order valence-electron chi connectivity index (χ4n) is 5.22. The van der Waals surface area contributed by atoms with E-state index in [9.17, 15) is 4.79 Å². The Balaban J connectivity index is 1.38. The van der Waals surface area contributed by atoms with Crippen molar-refractivity contribution in [3.05, 3.63) is 88.6 Å². The largest absolute Gasteiger partial charge is 0.368 e. The van der Waals surface area contributed by atoms with Crippen LogP contribution in [0.2, 0.25) is 0 Å². The number of aromatic nitrogens is 6. The number of nitrogen functional groups attached to an aromatic ring is 1. The van der Waals surface area contributed by atoms with Crippen LogP contribution in [-0.2, 0) is 7.05 Å². The number of fused-ring (bicyclic) bond motifs is 2. The van der Waals surface area contributed by atoms with Gasteiger partial charge in [0.1, 0.15) is 5.65 Å². The van der Waals surface area contributed by atoms with E-state index in [2.05, 4.69) is 32.2 Å². The minimum atomic E-state index is -0.0343. The first kappa shape index (κ1) is 21.6. The second-order valence-electron chi connectivity index (χ2n) is 9.84. The van der Waals surface area contributed by atoms with Crippen molar-refractivity contribution in [1.82, 2.24) is 29.3 Å². The van der Waals surface area contributed by atoms with Crippen LogP contribution in [0.15, 0.2) is 71.9 Å². The molecule has 0 aliphatic heterocycles. The Hall–Kier alpha value is -4.72. The van der Waals surface area contributed by atoms with Crippen LogP contribution in [-0.4, -0.2) is 29.3 Å². The van der Waals surface area contributed by atoms with Crippen molar-refractivity contribution in [1.29, 1.82) is 0 Å². The second kappa shape index (κ2) is 7.89. The average molecular weight is 488 g/mol. The number of hydrogen-bond acceptors (Lipinski definition) is 5. The van der Waals surface area contributed by atoms with Crippen LogP contribution in [0.3, 0.4) is 0 Å². The van der Waals surface area contributed by atoms with Crippen LogP contribution in [0, 0.1) is 6.92 Å². The standard InChI is InChI=1S/C29H25N7O/c1-16-21(26-23-13-24(20-14-31-35(2)15-20)32-27(23)34-29(30)33-26)4-3-5-25(16)36-11-10-19-12-18(17-6-7-17)8-9-22(19)28(36)37/h3-5,8-15,17H,6-7H2,1-2H3,(H3,30,32,33,34). The summed E-state index contributed by atoms with van der Waals surface area (Å²) in [6.07, 6.45) is 8.08. The predicted octanol–water partition coefficient (Wildman–Crippen LogP) is 5.10. The number of pyridine rings is 1. The quantitative estimate of drug-likeness (QED) is 0.360. The van der Waals surface area contributed by atoms with Gasteiger partial charge in [0.05, 0.1) is 23.3 Å². The summed E-state index contributed by atoms with van der Waals surface area (Å²) in [7, 11) is 1.88. The second-order valence-corrected chi connectivity index (χ2v) is 9.84. The van der Waals surface area contributed by atoms with Crippen molar-refractivity contribution >= 4 is 27.8 Å². The van der Waals surface area contributed by atoms with Crippen molar-refractivity contribution in [2.24, 2.45) is 7.05 Å². The molecule has 0 amide bonds. The number of H-pyrrole nitrogens is 1. The van der Waals surface area contributed by atoms with Crippen molar-refractivity contribution < 1.29 is 0 Å². The van der Waals surface area contributed by atoms with E-state index in [1.165, 1.54) is 18.4 Å². The van der Waals surface area contributed by atoms with Crippen LogP contribution in [0.25, 0.3) is 50.0 Å². The third-order valence-corrected chi connectivity index (χ3v) is 7.32. The van der Waals surface area contributed by atoms with Gasteiger partial charge >= 0.3 is 0 Å². The Labute approximate surface area is 212 Å². The number of aromatic amines is 1. The molecule has 4 heterocycles. The van der Waals surface area contributed by atoms with Gasteiger partial charge in [-0.25, -0.2) is 4.98 Å². The van der Waals surface area contributed by atoms with Gasteiger partial charge in [-0.1, -0.05) is 24.3 Å². The molecule has 1 saturated carbocycles. The van der Waals surface area contributed by atoms with Gasteiger partial charge < -0.3 is 10.7 Å². The Kier molecular flexibility index (Phi) is 4.60. The molecule has 182 valence electrons. The smallest absolute Gasteiger partial charge is 0.262 e. The zero-order valence-electron chi connectivity index (χ0n) is 20.6. The SMILES string of the molecule is Cc1c(-c2nc(N)nc3[nH]c(-c4cnn(C)c4)cc23)cccc1-n1ccc2cc(C3CC3)ccc2c1=O. The molecule has 0 unspecified atom stereocenters. The molecular weight excluding hydrogens is 462 g/mol. The van der Waals surface area contributed by atoms with Crippen molar-refractivity contribution in [3.63, 3.8) is 0 Å². The van der Waals surface area contributed by atoms with Crippen molar-refractivity contribution in [2.75, 3.05) is 5.73 Å². The predicted molar refractivity (Wildman–Crippen MR) is 146 cm³/mol. The first-order valence-electron chi connectivity index (χ1n) is 12.4. The maximum Gasteiger partial charge on any atom is 0.262 e. The Morgan fingerprint density at radius 3 is 2.70 bits per heavy atom. The van der Waals surface area contributed by atoms with Crippen LogP contribution in [0.5, 0.6) is 0 Å². The van der Waals surface area contributed by atoms with Gasteiger partial charge in [-0.3, -0.25) is 14.0 Å². The summed E-state index contributed by atoms with van der Waals surface area (Å²) in [6, 6.07) is 16.2. The van der Waals surface area contributed by atoms with Gasteiger partial charge in [-0.15, -0.1) is 0 Å². The lowest BCUT2D eigenvalue weighted by molar-refractivity contribution is 0.768. The molecule has 0 saturated heterocycles. The first-order chi connectivity index (χ1) is 18.0. The molecule has 0 bridgehead atoms. The molecule has 1 fully saturated rings. The Morgan fingerprint density at radius 2 is 1.92 bits per heavy atom. The highest BCUT2D eigenvalue weighted by Crippen LogP contribution is 2.40. The lowest BCUT2D eigenvalue weighted by atomic mass is 10.0. The molecular formula is C29H25N7O. The topological polar surface area (TPSA) is 107 Å². The van der Waals surface area contributed by atoms with Gasteiger partial charge in [0.15, 0.2) is 0 Å². The number of aryl methyl sites for hydroxylation is 1. The minimum absolute atomic E-state index is 0.0343. The molecule has 1 aliphatic rings. The fraction of sp³-hybridized carbons (Fsp3) is 0.172. The van der Waals surface area contributed by atoms with Crippen LogP contribution in [0.4, 0.5) is 5.95 Å². The molecule has 37 heavy (non-hydrogen) atoms. The summed E-state index contributed by atoms with van der Waals surface area (Å²) in [5, 5.41) is 6.83. The summed E-state index contributed by atoms with van der Waals surface area (Å²) < 4.78 is 3.47. The average Bonchev–Trinajstić information content (AvgIpc) is 3.51. The van der Waals surface area contributed by atoms with Gasteiger partial charge in [0, 0.05) is 41.3 Å². The number of benzene rings is 2. The van der Waals surface area contributed by atoms with E-state index in [1.54, 1.807) is 15.4 Å². The third kappa shape index (κ3) is 3.52. The molecule has 7 rings (SSSR count). The zero-order chi connectivity index (χ0) is 25.3. The Morgan fingerprint density at radius 1 is 1.05 bits per heavy atom. The highest BCUT2D eigenvalue weighted by molar-refractivity contribution is 5.96. The molecule has 8 heteroatoms. The summed E-state index contributed by atoms with van der Waals surface area (Å²) in [6.45, 7) is 2.01. The summed E-state index contributed by atoms with van der Waals surface area (Å²) in [5.74, 6) is 0.830. The number of nitrogens with two attached hydrogens (primary N) is 1. The number of rotatable bonds is 4. The molecule has 8 nitrogen and oxygen atoms in total. The highest BCUT2D eigenvalue weighted by atomic mass is 16.1. The van der Waals surface area contributed by atoms with Crippen molar-refractivity contribution in [3.8, 4) is 28.2 Å². The molecule has 2 aromatic carbocycles. The zero-order valence-corrected chi connectivity index (χ0v) is 20.6. The maximum atomic E-state index is 13.6. The molecule has 3 N–H and O–H groups in total. The van der Waals surface area contributed by atoms with Crippen LogP contribution in [0.1, 0.15) is 29.9 Å². The molecule has 0 spiro atoms. The van der Waals surface area contributed by atoms with Crippen LogP contribution >= 0.6 is 0 Å². The van der Waals surface area contributed by atoms with Crippen LogP contribution < -0.4 is 11.3 Å². The molecule has 4 aromatic heterocycles. The molecule has 6 aromatic rings. The van der Waals surface area contributed by atoms with Crippen molar-refractivity contribution in [2.45, 2.75) is 25.7 Å². The minimum Gasteiger partial charge on any atom is -0.368 e. The third-order valence-electron chi connectivity index (χ3n) is 7.32. The van der Waals surface area contributed by atoms with Gasteiger partial charge in [0.25, 0.3) is 5.56 Å². The van der Waals surface area contributed by atoms with E-state index in [0.29, 0.717) is 11.6 Å². The van der Waals surface area contributed by atoms with E-state index >= 15 is 0 Å². The van der Waals surface area contributed by atoms with Gasteiger partial charge in [-0.05, 0) is 66.5 Å². The molecule has 1 aliphatic carbocycles. The normalized spacial score (nSPS) is 13.6. The fourth-order valence-corrected chi connectivity index (χ4v) is 5.22. The van der Waals surface area contributed by atoms with E-state index in [1.807, 2.05) is 62.8 Å². The monoisotopic (exact) mass is 487 g/mol. The lowest BCUT2D eigenvalue weighted by Gasteiger charge is -2.15. The highest BCUT2D eigenvalue weighted by Gasteiger charge is 2.24. The number of nitrogens with zero attached hydrogens (tertiary/aromatic N) is 5. The van der Waals surface area contributed by atoms with Gasteiger partial charge in [0.2, 0.25) is 5.95 Å². The number of nitrogens with one attached hydrogen (secondary N) is 1. The maximum absolute atomic E-state index is 13.6. The van der Waals surface area contributed by atoms with E-state index in [-0.39, 0.29) is 11.5 Å². The van der Waals surface area contributed by atoms with E-state index in [4.69, 9.17) is 5.73 Å². The molecule has 0 radical (unpaired) electrons. The van der Waals surface area contributed by atoms with E-state index in [0.717, 1.165) is 49.9 Å². The van der Waals surface area contributed by atoms with Gasteiger partial charge in [-0.2, -0.15) is 10.1 Å². The van der Waals surface area contributed by atoms with E-state index < -0.39 is 0 Å². The summed E-state index contributed by atoms with van der Waals surface area (Å²) in [4.78, 5) is 26.0. The summed E-state index contributed by atoms with van der Waals surface area (Å²) >= 11 is 0. The lowest BCUT2D eigenvalue weighted by Crippen LogP contribution is -2.18. The molecule has 0 atom stereocenters. The Bertz CT molecular complexity index is 1910. The number of anilines is 1. The first-order valence-corrected chi connectivity index (χ1v) is 12.4. The summed E-state index contributed by atoms with van der Waals surface area (Å²) in [5.41, 5.74) is 13.3. The number of hydrogen-bond donors (Lipinski definition) is 2.